The van der Waals surface area contributed by atoms with Crippen molar-refractivity contribution in [2.45, 2.75) is 26.8 Å². The minimum absolute atomic E-state index is 0.0147. The van der Waals surface area contributed by atoms with Gasteiger partial charge in [0.1, 0.15) is 6.54 Å². The van der Waals surface area contributed by atoms with Crippen LogP contribution in [0.3, 0.4) is 0 Å². The summed E-state index contributed by atoms with van der Waals surface area (Å²) in [5.74, 6) is -0.0147. The van der Waals surface area contributed by atoms with E-state index < -0.39 is 0 Å². The lowest BCUT2D eigenvalue weighted by Crippen LogP contribution is -2.29. The molecule has 0 saturated heterocycles. The molecule has 0 unspecified atom stereocenters. The van der Waals surface area contributed by atoms with Gasteiger partial charge in [-0.15, -0.1) is 0 Å². The Bertz CT molecular complexity index is 800. The molecule has 114 valence electrons. The van der Waals surface area contributed by atoms with Crippen molar-refractivity contribution in [1.29, 1.82) is 0 Å². The maximum Gasteiger partial charge on any atom is 0.241 e. The molecular formula is C17H20N4O. The molecule has 3 rings (SSSR count). The third-order valence-corrected chi connectivity index (χ3v) is 3.71. The maximum absolute atomic E-state index is 11.9. The van der Waals surface area contributed by atoms with E-state index in [9.17, 15) is 4.79 Å². The smallest absolute Gasteiger partial charge is 0.241 e. The molecule has 1 aromatic carbocycles. The maximum atomic E-state index is 11.9. The highest BCUT2D eigenvalue weighted by atomic mass is 16.2. The molecule has 0 atom stereocenters. The van der Waals surface area contributed by atoms with Gasteiger partial charge < -0.3 is 10.3 Å². The molecule has 0 spiro atoms. The number of nitrogens with zero attached hydrogens (tertiary/aromatic N) is 2. The van der Waals surface area contributed by atoms with Crippen molar-refractivity contribution in [2.75, 3.05) is 6.54 Å². The number of aromatic amines is 1. The van der Waals surface area contributed by atoms with E-state index in [0.717, 1.165) is 17.5 Å². The Morgan fingerprint density at radius 1 is 1.32 bits per heavy atom. The summed E-state index contributed by atoms with van der Waals surface area (Å²) in [5, 5.41) is 8.29. The molecule has 2 N–H and O–H groups in total. The Labute approximate surface area is 129 Å². The third-order valence-electron chi connectivity index (χ3n) is 3.71. The lowest BCUT2D eigenvalue weighted by atomic mass is 10.1. The normalized spacial score (nSPS) is 11.0. The van der Waals surface area contributed by atoms with Crippen LogP contribution < -0.4 is 5.32 Å². The van der Waals surface area contributed by atoms with E-state index in [0.29, 0.717) is 6.54 Å². The molecule has 0 aliphatic rings. The second kappa shape index (κ2) is 6.05. The number of amides is 1. The lowest BCUT2D eigenvalue weighted by Gasteiger charge is -2.05. The Morgan fingerprint density at radius 2 is 2.18 bits per heavy atom. The average Bonchev–Trinajstić information content (AvgIpc) is 3.05. The van der Waals surface area contributed by atoms with E-state index in [2.05, 4.69) is 40.5 Å². The number of aromatic nitrogens is 3. The van der Waals surface area contributed by atoms with Gasteiger partial charge in [0.25, 0.3) is 0 Å². The number of carbonyl (C=O) groups is 1. The number of hydrogen-bond donors (Lipinski definition) is 2. The fourth-order valence-electron chi connectivity index (χ4n) is 2.59. The Morgan fingerprint density at radius 3 is 2.95 bits per heavy atom. The number of fused-ring (bicyclic) bond motifs is 1. The largest absolute Gasteiger partial charge is 0.361 e. The lowest BCUT2D eigenvalue weighted by molar-refractivity contribution is -0.121. The fraction of sp³-hybridized carbons (Fsp3) is 0.294. The van der Waals surface area contributed by atoms with Gasteiger partial charge in [-0.05, 0) is 43.5 Å². The van der Waals surface area contributed by atoms with Crippen LogP contribution in [-0.4, -0.2) is 27.2 Å². The molecule has 0 aliphatic heterocycles. The van der Waals surface area contributed by atoms with Crippen LogP contribution in [0.4, 0.5) is 0 Å². The van der Waals surface area contributed by atoms with Crippen molar-refractivity contribution in [2.24, 2.45) is 0 Å². The summed E-state index contributed by atoms with van der Waals surface area (Å²) in [7, 11) is 0. The second-order valence-corrected chi connectivity index (χ2v) is 5.68. The van der Waals surface area contributed by atoms with Gasteiger partial charge >= 0.3 is 0 Å². The molecule has 2 aromatic heterocycles. The number of nitrogens with one attached hydrogen (secondary N) is 2. The molecule has 0 radical (unpaired) electrons. The molecule has 0 bridgehead atoms. The van der Waals surface area contributed by atoms with Gasteiger partial charge in [-0.25, -0.2) is 0 Å². The van der Waals surface area contributed by atoms with Crippen molar-refractivity contribution in [3.8, 4) is 0 Å². The standard InChI is InChI=1S/C17H20N4O/c1-12-3-4-16-15(7-12)14(9-19-16)5-6-18-17(22)11-21-10-13(2)8-20-21/h3-4,7-10,19H,5-6,11H2,1-2H3,(H,18,22). The summed E-state index contributed by atoms with van der Waals surface area (Å²) in [6.45, 7) is 4.94. The predicted octanol–water partition coefficient (Wildman–Crippen LogP) is 2.34. The zero-order valence-corrected chi connectivity index (χ0v) is 12.9. The number of H-pyrrole nitrogens is 1. The molecule has 2 heterocycles. The summed E-state index contributed by atoms with van der Waals surface area (Å²) in [6.07, 6.45) is 6.45. The number of carbonyl (C=O) groups excluding carboxylic acids is 1. The van der Waals surface area contributed by atoms with Gasteiger partial charge in [0, 0.05) is 29.8 Å². The number of aryl methyl sites for hydroxylation is 2. The van der Waals surface area contributed by atoms with Crippen LogP contribution >= 0.6 is 0 Å². The van der Waals surface area contributed by atoms with Crippen LogP contribution in [0.5, 0.6) is 0 Å². The molecule has 3 aromatic rings. The summed E-state index contributed by atoms with van der Waals surface area (Å²) in [5.41, 5.74) is 4.67. The molecule has 5 heteroatoms. The van der Waals surface area contributed by atoms with Crippen molar-refractivity contribution in [3.05, 3.63) is 53.5 Å². The van der Waals surface area contributed by atoms with E-state index in [1.165, 1.54) is 16.5 Å². The molecule has 0 saturated carbocycles. The minimum Gasteiger partial charge on any atom is -0.361 e. The van der Waals surface area contributed by atoms with Gasteiger partial charge in [-0.1, -0.05) is 11.6 Å². The first kappa shape index (κ1) is 14.4. The predicted molar refractivity (Wildman–Crippen MR) is 86.7 cm³/mol. The highest BCUT2D eigenvalue weighted by Crippen LogP contribution is 2.19. The van der Waals surface area contributed by atoms with Crippen molar-refractivity contribution < 1.29 is 4.79 Å². The molecule has 1 amide bonds. The molecule has 0 aliphatic carbocycles. The monoisotopic (exact) mass is 296 g/mol. The van der Waals surface area contributed by atoms with Crippen LogP contribution in [-0.2, 0) is 17.8 Å². The fourth-order valence-corrected chi connectivity index (χ4v) is 2.59. The molecule has 5 nitrogen and oxygen atoms in total. The van der Waals surface area contributed by atoms with Gasteiger partial charge in [-0.3, -0.25) is 9.48 Å². The van der Waals surface area contributed by atoms with Gasteiger partial charge in [-0.2, -0.15) is 5.10 Å². The zero-order valence-electron chi connectivity index (χ0n) is 12.9. The summed E-state index contributed by atoms with van der Waals surface area (Å²) in [6, 6.07) is 6.36. The number of benzene rings is 1. The first-order chi connectivity index (χ1) is 10.6. The van der Waals surface area contributed by atoms with Gasteiger partial charge in [0.2, 0.25) is 5.91 Å². The van der Waals surface area contributed by atoms with Crippen LogP contribution in [0.1, 0.15) is 16.7 Å². The summed E-state index contributed by atoms with van der Waals surface area (Å²) < 4.78 is 1.65. The SMILES string of the molecule is Cc1ccc2[nH]cc(CCNC(=O)Cn3cc(C)cn3)c2c1. The van der Waals surface area contributed by atoms with E-state index in [1.54, 1.807) is 10.9 Å². The van der Waals surface area contributed by atoms with Gasteiger partial charge in [0.05, 0.1) is 6.20 Å². The zero-order chi connectivity index (χ0) is 15.5. The highest BCUT2D eigenvalue weighted by molar-refractivity contribution is 5.84. The number of rotatable bonds is 5. The minimum atomic E-state index is -0.0147. The van der Waals surface area contributed by atoms with E-state index in [-0.39, 0.29) is 12.5 Å². The molecule has 0 fully saturated rings. The topological polar surface area (TPSA) is 62.7 Å². The highest BCUT2D eigenvalue weighted by Gasteiger charge is 2.06. The third kappa shape index (κ3) is 3.19. The summed E-state index contributed by atoms with van der Waals surface area (Å²) in [4.78, 5) is 15.2. The Balaban J connectivity index is 1.55. The Hall–Kier alpha value is -2.56. The molecule has 22 heavy (non-hydrogen) atoms. The Kier molecular flexibility index (Phi) is 3.96. The van der Waals surface area contributed by atoms with Crippen molar-refractivity contribution in [1.82, 2.24) is 20.1 Å². The quantitative estimate of drug-likeness (QED) is 0.759. The van der Waals surface area contributed by atoms with Crippen LogP contribution in [0.25, 0.3) is 10.9 Å². The van der Waals surface area contributed by atoms with E-state index in [1.807, 2.05) is 19.3 Å². The van der Waals surface area contributed by atoms with Crippen LogP contribution in [0.2, 0.25) is 0 Å². The van der Waals surface area contributed by atoms with Crippen LogP contribution in [0.15, 0.2) is 36.8 Å². The number of hydrogen-bond acceptors (Lipinski definition) is 2. The first-order valence-corrected chi connectivity index (χ1v) is 7.44. The van der Waals surface area contributed by atoms with Crippen LogP contribution in [0, 0.1) is 13.8 Å². The van der Waals surface area contributed by atoms with E-state index >= 15 is 0 Å². The first-order valence-electron chi connectivity index (χ1n) is 7.44. The van der Waals surface area contributed by atoms with Gasteiger partial charge in [0.15, 0.2) is 0 Å². The van der Waals surface area contributed by atoms with Crippen molar-refractivity contribution in [3.63, 3.8) is 0 Å². The average molecular weight is 296 g/mol. The second-order valence-electron chi connectivity index (χ2n) is 5.68. The van der Waals surface area contributed by atoms with E-state index in [4.69, 9.17) is 0 Å². The molecular weight excluding hydrogens is 276 g/mol. The van der Waals surface area contributed by atoms with Crippen molar-refractivity contribution >= 4 is 16.8 Å². The summed E-state index contributed by atoms with van der Waals surface area (Å²) >= 11 is 0.